The summed E-state index contributed by atoms with van der Waals surface area (Å²) in [7, 11) is 0. The highest BCUT2D eigenvalue weighted by atomic mass is 16.4. The highest BCUT2D eigenvalue weighted by Crippen LogP contribution is 2.01. The van der Waals surface area contributed by atoms with E-state index in [4.69, 9.17) is 5.11 Å². The van der Waals surface area contributed by atoms with E-state index in [1.807, 2.05) is 27.7 Å². The number of hydrogen-bond acceptors (Lipinski definition) is 3. The Morgan fingerprint density at radius 1 is 1.19 bits per heavy atom. The van der Waals surface area contributed by atoms with Gasteiger partial charge < -0.3 is 21.1 Å². The second-order valence-electron chi connectivity index (χ2n) is 5.98. The van der Waals surface area contributed by atoms with Crippen molar-refractivity contribution in [3.63, 3.8) is 0 Å². The standard InChI is InChI=1S/C14H27N3O4/c1-5-6-7-10(12(19)20)16-13(21)15-9-8-11(18)17-14(2,3)4/h10H,5-9H2,1-4H3,(H,17,18)(H,19,20)(H2,15,16,21)/t10-/m0/s1. The third kappa shape index (κ3) is 10.6. The van der Waals surface area contributed by atoms with Crippen molar-refractivity contribution in [1.82, 2.24) is 16.0 Å². The summed E-state index contributed by atoms with van der Waals surface area (Å²) >= 11 is 0. The number of rotatable bonds is 8. The molecule has 0 aliphatic heterocycles. The SMILES string of the molecule is CCCC[C@H](NC(=O)NCCC(=O)NC(C)(C)C)C(=O)O. The number of hydrogen-bond donors (Lipinski definition) is 4. The maximum Gasteiger partial charge on any atom is 0.326 e. The van der Waals surface area contributed by atoms with Gasteiger partial charge in [-0.05, 0) is 27.2 Å². The Morgan fingerprint density at radius 3 is 2.29 bits per heavy atom. The van der Waals surface area contributed by atoms with E-state index < -0.39 is 18.0 Å². The summed E-state index contributed by atoms with van der Waals surface area (Å²) in [6.45, 7) is 7.73. The van der Waals surface area contributed by atoms with Gasteiger partial charge in [0.1, 0.15) is 6.04 Å². The zero-order valence-electron chi connectivity index (χ0n) is 13.3. The van der Waals surface area contributed by atoms with Crippen LogP contribution >= 0.6 is 0 Å². The van der Waals surface area contributed by atoms with Gasteiger partial charge in [0.05, 0.1) is 0 Å². The Balaban J connectivity index is 4.03. The minimum Gasteiger partial charge on any atom is -0.480 e. The van der Waals surface area contributed by atoms with Gasteiger partial charge >= 0.3 is 12.0 Å². The zero-order chi connectivity index (χ0) is 16.5. The predicted octanol–water partition coefficient (Wildman–Crippen LogP) is 1.23. The number of carboxylic acid groups (broad SMARTS) is 1. The highest BCUT2D eigenvalue weighted by Gasteiger charge is 2.19. The molecule has 0 aromatic heterocycles. The largest absolute Gasteiger partial charge is 0.480 e. The molecule has 0 saturated carbocycles. The Hall–Kier alpha value is -1.79. The second-order valence-corrected chi connectivity index (χ2v) is 5.98. The molecule has 122 valence electrons. The molecule has 0 aliphatic carbocycles. The molecule has 0 radical (unpaired) electrons. The first-order chi connectivity index (χ1) is 9.65. The van der Waals surface area contributed by atoms with E-state index in [0.717, 1.165) is 12.8 Å². The second kappa shape index (κ2) is 9.20. The molecule has 0 aliphatic rings. The Morgan fingerprint density at radius 2 is 1.81 bits per heavy atom. The van der Waals surface area contributed by atoms with Crippen LogP contribution in [0.2, 0.25) is 0 Å². The molecule has 0 aromatic rings. The predicted molar refractivity (Wildman–Crippen MR) is 80.0 cm³/mol. The number of unbranched alkanes of at least 4 members (excludes halogenated alkanes) is 1. The van der Waals surface area contributed by atoms with Crippen LogP contribution in [0.4, 0.5) is 4.79 Å². The summed E-state index contributed by atoms with van der Waals surface area (Å²) in [6.07, 6.45) is 2.13. The summed E-state index contributed by atoms with van der Waals surface area (Å²) < 4.78 is 0. The van der Waals surface area contributed by atoms with Gasteiger partial charge in [-0.15, -0.1) is 0 Å². The van der Waals surface area contributed by atoms with Crippen LogP contribution in [0.25, 0.3) is 0 Å². The number of carboxylic acids is 1. The van der Waals surface area contributed by atoms with E-state index >= 15 is 0 Å². The van der Waals surface area contributed by atoms with E-state index in [1.165, 1.54) is 0 Å². The van der Waals surface area contributed by atoms with E-state index in [2.05, 4.69) is 16.0 Å². The van der Waals surface area contributed by atoms with E-state index in [9.17, 15) is 14.4 Å². The number of nitrogens with one attached hydrogen (secondary N) is 3. The highest BCUT2D eigenvalue weighted by molar-refractivity contribution is 5.83. The van der Waals surface area contributed by atoms with Gasteiger partial charge in [0, 0.05) is 18.5 Å². The molecule has 0 spiro atoms. The van der Waals surface area contributed by atoms with E-state index in [1.54, 1.807) is 0 Å². The van der Waals surface area contributed by atoms with Crippen molar-refractivity contribution in [3.8, 4) is 0 Å². The summed E-state index contributed by atoms with van der Waals surface area (Å²) in [5, 5.41) is 16.6. The third-order valence-electron chi connectivity index (χ3n) is 2.60. The fraction of sp³-hybridized carbons (Fsp3) is 0.786. The summed E-state index contributed by atoms with van der Waals surface area (Å²) in [5.41, 5.74) is -0.312. The zero-order valence-corrected chi connectivity index (χ0v) is 13.3. The molecule has 7 heteroatoms. The van der Waals surface area contributed by atoms with Gasteiger partial charge in [0.25, 0.3) is 0 Å². The first kappa shape index (κ1) is 19.2. The van der Waals surface area contributed by atoms with Gasteiger partial charge in [-0.1, -0.05) is 19.8 Å². The van der Waals surface area contributed by atoms with E-state index in [-0.39, 0.29) is 24.4 Å². The lowest BCUT2D eigenvalue weighted by Gasteiger charge is -2.20. The Kier molecular flexibility index (Phi) is 8.42. The van der Waals surface area contributed by atoms with Crippen molar-refractivity contribution in [1.29, 1.82) is 0 Å². The molecule has 0 unspecified atom stereocenters. The van der Waals surface area contributed by atoms with Crippen LogP contribution in [-0.2, 0) is 9.59 Å². The van der Waals surface area contributed by atoms with Crippen LogP contribution < -0.4 is 16.0 Å². The van der Waals surface area contributed by atoms with Crippen molar-refractivity contribution in [2.45, 2.75) is 65.0 Å². The summed E-state index contributed by atoms with van der Waals surface area (Å²) in [6, 6.07) is -1.46. The van der Waals surface area contributed by atoms with Crippen LogP contribution in [-0.4, -0.2) is 41.1 Å². The number of carbonyl (C=O) groups is 3. The number of aliphatic carboxylic acids is 1. The molecule has 0 saturated heterocycles. The van der Waals surface area contributed by atoms with Crippen LogP contribution in [0.1, 0.15) is 53.4 Å². The first-order valence-electron chi connectivity index (χ1n) is 7.24. The smallest absolute Gasteiger partial charge is 0.326 e. The van der Waals surface area contributed by atoms with Gasteiger partial charge in [-0.25, -0.2) is 9.59 Å². The molecule has 0 rings (SSSR count). The lowest BCUT2D eigenvalue weighted by atomic mass is 10.1. The summed E-state index contributed by atoms with van der Waals surface area (Å²) in [4.78, 5) is 34.1. The molecule has 1 atom stereocenters. The number of urea groups is 1. The minimum atomic E-state index is -1.05. The van der Waals surface area contributed by atoms with Gasteiger partial charge in [-0.2, -0.15) is 0 Å². The van der Waals surface area contributed by atoms with Crippen LogP contribution in [0.15, 0.2) is 0 Å². The van der Waals surface area contributed by atoms with Crippen LogP contribution in [0.5, 0.6) is 0 Å². The average molecular weight is 301 g/mol. The van der Waals surface area contributed by atoms with Gasteiger partial charge in [-0.3, -0.25) is 4.79 Å². The maximum absolute atomic E-state index is 11.6. The van der Waals surface area contributed by atoms with Crippen molar-refractivity contribution in [2.75, 3.05) is 6.54 Å². The van der Waals surface area contributed by atoms with Gasteiger partial charge in [0.2, 0.25) is 5.91 Å². The Labute approximate surface area is 125 Å². The van der Waals surface area contributed by atoms with Crippen molar-refractivity contribution in [2.24, 2.45) is 0 Å². The molecule has 0 heterocycles. The molecule has 4 N–H and O–H groups in total. The normalized spacial score (nSPS) is 12.4. The van der Waals surface area contributed by atoms with Crippen LogP contribution in [0.3, 0.4) is 0 Å². The molecular weight excluding hydrogens is 274 g/mol. The van der Waals surface area contributed by atoms with Crippen molar-refractivity contribution in [3.05, 3.63) is 0 Å². The van der Waals surface area contributed by atoms with Crippen LogP contribution in [0, 0.1) is 0 Å². The maximum atomic E-state index is 11.6. The number of carbonyl (C=O) groups excluding carboxylic acids is 2. The molecule has 21 heavy (non-hydrogen) atoms. The molecule has 0 bridgehead atoms. The molecule has 7 nitrogen and oxygen atoms in total. The minimum absolute atomic E-state index is 0.150. The lowest BCUT2D eigenvalue weighted by Crippen LogP contribution is -2.47. The fourth-order valence-electron chi connectivity index (χ4n) is 1.65. The molecule has 3 amide bonds. The lowest BCUT2D eigenvalue weighted by molar-refractivity contribution is -0.139. The average Bonchev–Trinajstić information content (AvgIpc) is 2.31. The number of amides is 3. The van der Waals surface area contributed by atoms with Crippen molar-refractivity contribution < 1.29 is 19.5 Å². The molecule has 0 fully saturated rings. The first-order valence-corrected chi connectivity index (χ1v) is 7.24. The molecule has 0 aromatic carbocycles. The van der Waals surface area contributed by atoms with E-state index in [0.29, 0.717) is 6.42 Å². The van der Waals surface area contributed by atoms with Crippen molar-refractivity contribution >= 4 is 17.9 Å². The Bertz CT molecular complexity index is 364. The van der Waals surface area contributed by atoms with Gasteiger partial charge in [0.15, 0.2) is 0 Å². The fourth-order valence-corrected chi connectivity index (χ4v) is 1.65. The topological polar surface area (TPSA) is 108 Å². The molecular formula is C14H27N3O4. The summed E-state index contributed by atoms with van der Waals surface area (Å²) in [5.74, 6) is -1.22. The quantitative estimate of drug-likeness (QED) is 0.541. The monoisotopic (exact) mass is 301 g/mol. The third-order valence-corrected chi connectivity index (χ3v) is 2.60.